The van der Waals surface area contributed by atoms with Gasteiger partial charge in [0.25, 0.3) is 0 Å². The lowest BCUT2D eigenvalue weighted by Crippen LogP contribution is -2.06. The molecule has 0 aliphatic carbocycles. The highest BCUT2D eigenvalue weighted by Crippen LogP contribution is 2.24. The maximum Gasteiger partial charge on any atom is 0.329 e. The van der Waals surface area contributed by atoms with Crippen molar-refractivity contribution >= 4 is 28.4 Å². The number of nitrogens with two attached hydrogens (primary N) is 2. The van der Waals surface area contributed by atoms with E-state index in [1.54, 1.807) is 24.3 Å². The minimum atomic E-state index is -0.939. The number of benzene rings is 4. The number of para-hydroxylation sites is 2. The standard InChI is InChI=1S/C15H14N2O2.C9H10O3.C6H8N2O.H2O/c18-13-8-4-7-12-15(13)17-14(16-12)10-19-9-11-5-2-1-3-6-11;10-9(11)7-12-6-8-4-2-1-3-5-8;7-4-2-1-3-5(9)6(4)8;/h1-8,18H,9-10H2,(H,16,17);1-5H,6-7H2,(H,10,11);1-3,9H,7-8H2;1H2. The van der Waals surface area contributed by atoms with Gasteiger partial charge in [-0.15, -0.1) is 0 Å². The molecule has 0 unspecified atom stereocenters. The number of nitrogen functional groups attached to an aromatic ring is 2. The second-order valence-corrected chi connectivity index (χ2v) is 8.49. The van der Waals surface area contributed by atoms with E-state index < -0.39 is 5.97 Å². The summed E-state index contributed by atoms with van der Waals surface area (Å²) in [5.41, 5.74) is 14.8. The molecule has 0 saturated carbocycles. The molecule has 0 fully saturated rings. The number of carbonyl (C=O) groups is 1. The van der Waals surface area contributed by atoms with Gasteiger partial charge in [0.2, 0.25) is 0 Å². The van der Waals surface area contributed by atoms with E-state index >= 15 is 0 Å². The van der Waals surface area contributed by atoms with Crippen LogP contribution in [0.4, 0.5) is 11.4 Å². The smallest absolute Gasteiger partial charge is 0.329 e. The van der Waals surface area contributed by atoms with Gasteiger partial charge >= 0.3 is 5.97 Å². The Morgan fingerprint density at radius 2 is 1.29 bits per heavy atom. The third-order valence-electron chi connectivity index (χ3n) is 5.34. The first kappa shape index (κ1) is 32.1. The second-order valence-electron chi connectivity index (χ2n) is 8.49. The Labute approximate surface area is 236 Å². The normalized spacial score (nSPS) is 9.95. The molecule has 1 aromatic heterocycles. The molecule has 0 aliphatic rings. The molecular formula is C30H34N4O7. The average molecular weight is 563 g/mol. The Kier molecular flexibility index (Phi) is 13.1. The number of hydrogen-bond acceptors (Lipinski definition) is 8. The minimum absolute atomic E-state index is 0. The van der Waals surface area contributed by atoms with Gasteiger partial charge in [0.1, 0.15) is 36.1 Å². The Bertz CT molecular complexity index is 1460. The molecule has 5 rings (SSSR count). The number of anilines is 2. The van der Waals surface area contributed by atoms with Crippen LogP contribution in [0.25, 0.3) is 11.0 Å². The Morgan fingerprint density at radius 3 is 1.83 bits per heavy atom. The van der Waals surface area contributed by atoms with Crippen LogP contribution < -0.4 is 11.5 Å². The fourth-order valence-electron chi connectivity index (χ4n) is 3.38. The summed E-state index contributed by atoms with van der Waals surface area (Å²) < 4.78 is 10.5. The average Bonchev–Trinajstić information content (AvgIpc) is 3.38. The number of phenols is 2. The molecule has 0 aliphatic heterocycles. The number of aliphatic carboxylic acids is 1. The number of hydrogen-bond donors (Lipinski definition) is 6. The molecule has 11 heteroatoms. The summed E-state index contributed by atoms with van der Waals surface area (Å²) in [5.74, 6) is -0.00331. The summed E-state index contributed by atoms with van der Waals surface area (Å²) in [4.78, 5) is 17.5. The molecule has 0 bridgehead atoms. The van der Waals surface area contributed by atoms with Crippen molar-refractivity contribution in [2.75, 3.05) is 18.1 Å². The van der Waals surface area contributed by atoms with Crippen molar-refractivity contribution in [3.05, 3.63) is 114 Å². The van der Waals surface area contributed by atoms with Crippen LogP contribution >= 0.6 is 0 Å². The monoisotopic (exact) mass is 562 g/mol. The summed E-state index contributed by atoms with van der Waals surface area (Å²) in [5, 5.41) is 26.8. The van der Waals surface area contributed by atoms with E-state index in [9.17, 15) is 9.90 Å². The number of nitrogens with one attached hydrogen (secondary N) is 1. The number of carboxylic acid groups (broad SMARTS) is 1. The topological polar surface area (TPSA) is 208 Å². The van der Waals surface area contributed by atoms with Crippen LogP contribution in [0, 0.1) is 0 Å². The fourth-order valence-corrected chi connectivity index (χ4v) is 3.38. The van der Waals surface area contributed by atoms with Crippen molar-refractivity contribution in [3.63, 3.8) is 0 Å². The molecule has 0 amide bonds. The van der Waals surface area contributed by atoms with Crippen molar-refractivity contribution < 1.29 is 35.1 Å². The predicted octanol–water partition coefficient (Wildman–Crippen LogP) is 4.01. The van der Waals surface area contributed by atoms with Crippen LogP contribution in [0.5, 0.6) is 11.5 Å². The second kappa shape index (κ2) is 16.8. The molecule has 11 nitrogen and oxygen atoms in total. The number of imidazole rings is 1. The van der Waals surface area contributed by atoms with Gasteiger partial charge in [0.15, 0.2) is 0 Å². The van der Waals surface area contributed by atoms with Gasteiger partial charge in [0.05, 0.1) is 30.1 Å². The fraction of sp³-hybridized carbons (Fsp3) is 0.133. The zero-order chi connectivity index (χ0) is 28.7. The molecule has 0 spiro atoms. The van der Waals surface area contributed by atoms with Crippen LogP contribution in [0.1, 0.15) is 17.0 Å². The van der Waals surface area contributed by atoms with Crippen LogP contribution in [-0.2, 0) is 34.1 Å². The summed E-state index contributed by atoms with van der Waals surface area (Å²) in [6.45, 7) is 1.05. The third kappa shape index (κ3) is 10.9. The number of rotatable bonds is 8. The van der Waals surface area contributed by atoms with Crippen LogP contribution in [0.2, 0.25) is 0 Å². The summed E-state index contributed by atoms with van der Waals surface area (Å²) in [7, 11) is 0. The Morgan fingerprint density at radius 1 is 0.732 bits per heavy atom. The van der Waals surface area contributed by atoms with Gasteiger partial charge in [-0.2, -0.15) is 0 Å². The quantitative estimate of drug-likeness (QED) is 0.119. The number of aromatic nitrogens is 2. The van der Waals surface area contributed by atoms with Gasteiger partial charge in [-0.1, -0.05) is 72.8 Å². The van der Waals surface area contributed by atoms with Crippen LogP contribution in [-0.4, -0.2) is 43.3 Å². The highest BCUT2D eigenvalue weighted by molar-refractivity contribution is 5.81. The van der Waals surface area contributed by atoms with E-state index in [0.29, 0.717) is 36.8 Å². The first-order valence-corrected chi connectivity index (χ1v) is 12.3. The zero-order valence-electron chi connectivity index (χ0n) is 22.2. The molecule has 4 aromatic carbocycles. The van der Waals surface area contributed by atoms with Crippen LogP contribution in [0.15, 0.2) is 97.1 Å². The number of H-pyrrole nitrogens is 1. The Hall–Kier alpha value is -5.10. The van der Waals surface area contributed by atoms with Crippen molar-refractivity contribution in [2.24, 2.45) is 0 Å². The molecule has 5 aromatic rings. The number of aromatic amines is 1. The zero-order valence-corrected chi connectivity index (χ0v) is 22.2. The first-order valence-electron chi connectivity index (χ1n) is 12.3. The molecule has 0 saturated heterocycles. The summed E-state index contributed by atoms with van der Waals surface area (Å²) in [6, 6.07) is 29.5. The number of nitrogens with zero attached hydrogens (tertiary/aromatic N) is 1. The van der Waals surface area contributed by atoms with Crippen molar-refractivity contribution in [1.29, 1.82) is 0 Å². The molecule has 1 heterocycles. The number of ether oxygens (including phenoxy) is 2. The van der Waals surface area contributed by atoms with E-state index in [4.69, 9.17) is 31.2 Å². The number of fused-ring (bicyclic) bond motifs is 1. The number of carboxylic acids is 1. The molecule has 10 N–H and O–H groups in total. The van der Waals surface area contributed by atoms with E-state index in [2.05, 4.69) is 9.97 Å². The maximum absolute atomic E-state index is 10.1. The van der Waals surface area contributed by atoms with Gasteiger partial charge in [-0.25, -0.2) is 9.78 Å². The van der Waals surface area contributed by atoms with E-state index in [1.165, 1.54) is 6.07 Å². The SMILES string of the molecule is Nc1cccc(O)c1N.O.O=C(O)COCc1ccccc1.Oc1cccc2[nH]c(COCc3ccccc3)nc12. The number of phenolic OH excluding ortho intramolecular Hbond substituents is 2. The predicted molar refractivity (Wildman–Crippen MR) is 157 cm³/mol. The molecule has 0 atom stereocenters. The highest BCUT2D eigenvalue weighted by Gasteiger charge is 2.06. The first-order chi connectivity index (χ1) is 19.3. The third-order valence-corrected chi connectivity index (χ3v) is 5.34. The largest absolute Gasteiger partial charge is 0.506 e. The van der Waals surface area contributed by atoms with Gasteiger partial charge < -0.3 is 46.7 Å². The molecular weight excluding hydrogens is 528 g/mol. The molecule has 0 radical (unpaired) electrons. The molecule has 216 valence electrons. The summed E-state index contributed by atoms with van der Waals surface area (Å²) in [6.07, 6.45) is 0. The minimum Gasteiger partial charge on any atom is -0.506 e. The van der Waals surface area contributed by atoms with E-state index in [0.717, 1.165) is 16.6 Å². The van der Waals surface area contributed by atoms with Crippen molar-refractivity contribution in [2.45, 2.75) is 19.8 Å². The van der Waals surface area contributed by atoms with Gasteiger partial charge in [-0.05, 0) is 35.4 Å². The lowest BCUT2D eigenvalue weighted by atomic mass is 10.2. The van der Waals surface area contributed by atoms with Gasteiger partial charge in [0, 0.05) is 0 Å². The lowest BCUT2D eigenvalue weighted by molar-refractivity contribution is -0.142. The summed E-state index contributed by atoms with van der Waals surface area (Å²) >= 11 is 0. The van der Waals surface area contributed by atoms with E-state index in [-0.39, 0.29) is 29.3 Å². The van der Waals surface area contributed by atoms with E-state index in [1.807, 2.05) is 66.7 Å². The molecule has 41 heavy (non-hydrogen) atoms. The highest BCUT2D eigenvalue weighted by atomic mass is 16.5. The van der Waals surface area contributed by atoms with Crippen LogP contribution in [0.3, 0.4) is 0 Å². The maximum atomic E-state index is 10.1. The van der Waals surface area contributed by atoms with Gasteiger partial charge in [-0.3, -0.25) is 0 Å². The Balaban J connectivity index is 0.000000231. The van der Waals surface area contributed by atoms with Crippen molar-refractivity contribution in [1.82, 2.24) is 9.97 Å². The van der Waals surface area contributed by atoms with Crippen molar-refractivity contribution in [3.8, 4) is 11.5 Å². The number of aromatic hydroxyl groups is 2. The lowest BCUT2D eigenvalue weighted by Gasteiger charge is -2.01.